The molecule has 0 radical (unpaired) electrons. The van der Waals surface area contributed by atoms with E-state index in [4.69, 9.17) is 5.73 Å². The summed E-state index contributed by atoms with van der Waals surface area (Å²) in [6.07, 6.45) is -5.07. The van der Waals surface area contributed by atoms with Crippen LogP contribution in [0.2, 0.25) is 0 Å². The molecule has 0 aliphatic rings. The predicted molar refractivity (Wildman–Crippen MR) is 71.0 cm³/mol. The zero-order valence-corrected chi connectivity index (χ0v) is 11.9. The number of carbonyl (C=O) groups excluding carboxylic acids is 2. The van der Waals surface area contributed by atoms with Crippen LogP contribution in [0.4, 0.5) is 13.2 Å². The molecule has 0 aliphatic carbocycles. The molecule has 1 aromatic carbocycles. The van der Waals surface area contributed by atoms with Crippen molar-refractivity contribution in [2.75, 3.05) is 0 Å². The molecule has 116 valence electrons. The second kappa shape index (κ2) is 5.38. The van der Waals surface area contributed by atoms with Gasteiger partial charge in [-0.2, -0.15) is 13.2 Å². The molecule has 0 bridgehead atoms. The lowest BCUT2D eigenvalue weighted by atomic mass is 9.85. The number of primary amides is 1. The minimum absolute atomic E-state index is 0.428. The smallest absolute Gasteiger partial charge is 0.367 e. The molecule has 0 fully saturated rings. The van der Waals surface area contributed by atoms with Gasteiger partial charge in [0.1, 0.15) is 0 Å². The zero-order valence-electron chi connectivity index (χ0n) is 11.9. The van der Waals surface area contributed by atoms with Crippen molar-refractivity contribution in [1.82, 2.24) is 5.32 Å². The number of rotatable bonds is 3. The highest BCUT2D eigenvalue weighted by Crippen LogP contribution is 2.39. The quantitative estimate of drug-likeness (QED) is 0.897. The summed E-state index contributed by atoms with van der Waals surface area (Å²) in [4.78, 5) is 23.6. The third-order valence-corrected chi connectivity index (χ3v) is 2.98. The Morgan fingerprint density at radius 3 is 1.86 bits per heavy atom. The Kier molecular flexibility index (Phi) is 4.36. The van der Waals surface area contributed by atoms with Gasteiger partial charge in [-0.3, -0.25) is 9.59 Å². The van der Waals surface area contributed by atoms with Crippen molar-refractivity contribution in [2.24, 2.45) is 11.1 Å². The fourth-order valence-electron chi connectivity index (χ4n) is 1.70. The lowest BCUT2D eigenvalue weighted by Crippen LogP contribution is -2.65. The van der Waals surface area contributed by atoms with Crippen LogP contribution in [0.25, 0.3) is 0 Å². The van der Waals surface area contributed by atoms with Crippen LogP contribution in [0.5, 0.6) is 0 Å². The van der Waals surface area contributed by atoms with Gasteiger partial charge in [0.05, 0.1) is 0 Å². The van der Waals surface area contributed by atoms with Crippen LogP contribution >= 0.6 is 0 Å². The molecular weight excluding hydrogens is 285 g/mol. The molecule has 1 atom stereocenters. The Hall–Kier alpha value is -2.05. The van der Waals surface area contributed by atoms with Gasteiger partial charge in [0.2, 0.25) is 11.4 Å². The Balaban J connectivity index is 3.49. The van der Waals surface area contributed by atoms with Gasteiger partial charge in [0.15, 0.2) is 0 Å². The molecule has 0 unspecified atom stereocenters. The molecule has 21 heavy (non-hydrogen) atoms. The van der Waals surface area contributed by atoms with E-state index in [9.17, 15) is 22.8 Å². The van der Waals surface area contributed by atoms with Gasteiger partial charge in [-0.25, -0.2) is 0 Å². The second-order valence-corrected chi connectivity index (χ2v) is 5.68. The highest BCUT2D eigenvalue weighted by molar-refractivity contribution is 5.93. The van der Waals surface area contributed by atoms with Crippen molar-refractivity contribution in [3.05, 3.63) is 35.9 Å². The third-order valence-electron chi connectivity index (χ3n) is 2.98. The number of amides is 2. The topological polar surface area (TPSA) is 72.2 Å². The lowest BCUT2D eigenvalue weighted by Gasteiger charge is -2.36. The fraction of sp³-hybridized carbons (Fsp3) is 0.429. The second-order valence-electron chi connectivity index (χ2n) is 5.68. The SMILES string of the molecule is CC(C)(C)C(=O)N[C@](C(N)=O)(c1ccccc1)C(F)(F)F. The number of nitrogens with one attached hydrogen (secondary N) is 1. The van der Waals surface area contributed by atoms with E-state index in [1.165, 1.54) is 39.0 Å². The minimum atomic E-state index is -5.07. The van der Waals surface area contributed by atoms with Crippen LogP contribution < -0.4 is 11.1 Å². The minimum Gasteiger partial charge on any atom is -0.367 e. The molecule has 7 heteroatoms. The Labute approximate surface area is 120 Å². The first kappa shape index (κ1) is 17.0. The molecule has 0 heterocycles. The summed E-state index contributed by atoms with van der Waals surface area (Å²) >= 11 is 0. The van der Waals surface area contributed by atoms with Crippen LogP contribution in [0.15, 0.2) is 30.3 Å². The number of benzene rings is 1. The van der Waals surface area contributed by atoms with Gasteiger partial charge in [0, 0.05) is 5.41 Å². The molecule has 0 spiro atoms. The summed E-state index contributed by atoms with van der Waals surface area (Å²) in [5.74, 6) is -2.61. The Bertz CT molecular complexity index is 535. The average molecular weight is 302 g/mol. The van der Waals surface area contributed by atoms with E-state index in [2.05, 4.69) is 0 Å². The highest BCUT2D eigenvalue weighted by atomic mass is 19.4. The van der Waals surface area contributed by atoms with Crippen molar-refractivity contribution in [1.29, 1.82) is 0 Å². The first-order valence-corrected chi connectivity index (χ1v) is 6.17. The van der Waals surface area contributed by atoms with Crippen LogP contribution in [-0.4, -0.2) is 18.0 Å². The van der Waals surface area contributed by atoms with Gasteiger partial charge in [0.25, 0.3) is 5.91 Å². The molecule has 0 aliphatic heterocycles. The van der Waals surface area contributed by atoms with Crippen molar-refractivity contribution in [3.63, 3.8) is 0 Å². The number of halogens is 3. The zero-order chi connectivity index (χ0) is 16.5. The monoisotopic (exact) mass is 302 g/mol. The van der Waals surface area contributed by atoms with Gasteiger partial charge in [-0.15, -0.1) is 0 Å². The first-order valence-electron chi connectivity index (χ1n) is 6.17. The summed E-state index contributed by atoms with van der Waals surface area (Å²) in [5.41, 5.74) is 0.218. The van der Waals surface area contributed by atoms with Crippen LogP contribution in [0.3, 0.4) is 0 Å². The summed E-state index contributed by atoms with van der Waals surface area (Å²) in [5, 5.41) is 1.79. The van der Waals surface area contributed by atoms with E-state index in [0.29, 0.717) is 0 Å². The normalized spacial score (nSPS) is 15.1. The van der Waals surface area contributed by atoms with E-state index in [1.807, 2.05) is 0 Å². The maximum Gasteiger partial charge on any atom is 0.425 e. The summed E-state index contributed by atoms with van der Waals surface area (Å²) in [7, 11) is 0. The summed E-state index contributed by atoms with van der Waals surface area (Å²) in [6.45, 7) is 4.32. The largest absolute Gasteiger partial charge is 0.425 e. The van der Waals surface area contributed by atoms with E-state index in [-0.39, 0.29) is 0 Å². The molecule has 0 aromatic heterocycles. The molecule has 3 N–H and O–H groups in total. The van der Waals surface area contributed by atoms with E-state index in [0.717, 1.165) is 12.1 Å². The maximum atomic E-state index is 13.5. The van der Waals surface area contributed by atoms with Gasteiger partial charge < -0.3 is 11.1 Å². The number of hydrogen-bond donors (Lipinski definition) is 2. The van der Waals surface area contributed by atoms with E-state index < -0.39 is 34.5 Å². The Morgan fingerprint density at radius 1 is 1.05 bits per heavy atom. The third kappa shape index (κ3) is 3.17. The van der Waals surface area contributed by atoms with Gasteiger partial charge in [-0.05, 0) is 5.56 Å². The molecule has 1 rings (SSSR count). The molecule has 0 saturated carbocycles. The Morgan fingerprint density at radius 2 is 1.52 bits per heavy atom. The molecule has 4 nitrogen and oxygen atoms in total. The van der Waals surface area contributed by atoms with Crippen molar-refractivity contribution < 1.29 is 22.8 Å². The van der Waals surface area contributed by atoms with Crippen LogP contribution in [-0.2, 0) is 15.1 Å². The predicted octanol–water partition coefficient (Wildman–Crippen LogP) is 2.09. The number of carbonyl (C=O) groups is 2. The molecule has 2 amide bonds. The van der Waals surface area contributed by atoms with Gasteiger partial charge in [-0.1, -0.05) is 51.1 Å². The standard InChI is InChI=1S/C14H17F3N2O2/c1-12(2,3)11(21)19-13(10(18)20,14(15,16)17)9-7-5-4-6-8-9/h4-8H,1-3H3,(H2,18,20)(H,19,21)/t13-/m0/s1. The van der Waals surface area contributed by atoms with Crippen molar-refractivity contribution in [3.8, 4) is 0 Å². The van der Waals surface area contributed by atoms with Crippen LogP contribution in [0, 0.1) is 5.41 Å². The van der Waals surface area contributed by atoms with E-state index >= 15 is 0 Å². The van der Waals surface area contributed by atoms with Gasteiger partial charge >= 0.3 is 6.18 Å². The molecule has 0 saturated heterocycles. The molecular formula is C14H17F3N2O2. The number of alkyl halides is 3. The first-order chi connectivity index (χ1) is 9.43. The lowest BCUT2D eigenvalue weighted by molar-refractivity contribution is -0.204. The van der Waals surface area contributed by atoms with E-state index in [1.54, 1.807) is 5.32 Å². The fourth-order valence-corrected chi connectivity index (χ4v) is 1.70. The summed E-state index contributed by atoms with van der Waals surface area (Å²) < 4.78 is 40.6. The van der Waals surface area contributed by atoms with Crippen molar-refractivity contribution in [2.45, 2.75) is 32.5 Å². The maximum absolute atomic E-state index is 13.5. The van der Waals surface area contributed by atoms with Crippen molar-refractivity contribution >= 4 is 11.8 Å². The van der Waals surface area contributed by atoms with Crippen LogP contribution in [0.1, 0.15) is 26.3 Å². The molecule has 1 aromatic rings. The average Bonchev–Trinajstić information content (AvgIpc) is 2.33. The summed E-state index contributed by atoms with van der Waals surface area (Å²) in [6, 6.07) is 6.36. The highest BCUT2D eigenvalue weighted by Gasteiger charge is 2.62. The number of hydrogen-bond acceptors (Lipinski definition) is 2. The number of nitrogens with two attached hydrogens (primary N) is 1.